The van der Waals surface area contributed by atoms with Crippen molar-refractivity contribution in [2.75, 3.05) is 27.2 Å². The number of likely N-dealkylation sites (N-methyl/N-ethyl adjacent to an activating group) is 1. The normalized spacial score (nSPS) is 21.5. The third-order valence-electron chi connectivity index (χ3n) is 10.2. The summed E-state index contributed by atoms with van der Waals surface area (Å²) in [5.41, 5.74) is 1.87. The molecule has 2 aliphatic heterocycles. The number of benzene rings is 3. The number of carbonyl (C=O) groups is 4. The van der Waals surface area contributed by atoms with Gasteiger partial charge in [0.05, 0.1) is 19.7 Å². The number of methoxy groups -OCH3 is 1. The van der Waals surface area contributed by atoms with Crippen molar-refractivity contribution in [1.82, 2.24) is 25.3 Å². The molecule has 0 radical (unpaired) electrons. The third kappa shape index (κ3) is 6.83. The summed E-state index contributed by atoms with van der Waals surface area (Å²) in [6, 6.07) is 19.8. The van der Waals surface area contributed by atoms with Crippen LogP contribution in [-0.2, 0) is 32.1 Å². The van der Waals surface area contributed by atoms with E-state index in [-0.39, 0.29) is 42.6 Å². The summed E-state index contributed by atoms with van der Waals surface area (Å²) in [4.78, 5) is 60.7. The minimum atomic E-state index is -0.773. The van der Waals surface area contributed by atoms with Crippen molar-refractivity contribution < 1.29 is 23.9 Å². The Bertz CT molecular complexity index is 1620. The van der Waals surface area contributed by atoms with Crippen LogP contribution < -0.4 is 15.4 Å². The second-order valence-electron chi connectivity index (χ2n) is 13.1. The molecule has 0 aromatic heterocycles. The van der Waals surface area contributed by atoms with E-state index >= 15 is 0 Å². The summed E-state index contributed by atoms with van der Waals surface area (Å²) < 4.78 is 5.32. The van der Waals surface area contributed by atoms with Crippen LogP contribution in [0.3, 0.4) is 0 Å². The van der Waals surface area contributed by atoms with Crippen LogP contribution >= 0.6 is 0 Å². The largest absolute Gasteiger partial charge is 0.497 e. The van der Waals surface area contributed by atoms with Gasteiger partial charge in [-0.05, 0) is 66.8 Å². The van der Waals surface area contributed by atoms with Gasteiger partial charge in [-0.25, -0.2) is 0 Å². The zero-order valence-electron chi connectivity index (χ0n) is 27.5. The highest BCUT2D eigenvalue weighted by Crippen LogP contribution is 2.33. The predicted molar refractivity (Wildman–Crippen MR) is 179 cm³/mol. The molecule has 1 saturated carbocycles. The molecule has 3 aliphatic rings. The van der Waals surface area contributed by atoms with Crippen molar-refractivity contribution in [2.24, 2.45) is 5.92 Å². The summed E-state index contributed by atoms with van der Waals surface area (Å²) in [5.74, 6) is -0.176. The number of carbonyl (C=O) groups excluding carboxylic acids is 4. The van der Waals surface area contributed by atoms with Gasteiger partial charge in [0.1, 0.15) is 30.5 Å². The molecule has 6 rings (SSSR count). The van der Waals surface area contributed by atoms with Gasteiger partial charge in [0.15, 0.2) is 0 Å². The molecule has 4 atom stereocenters. The maximum atomic E-state index is 14.5. The summed E-state index contributed by atoms with van der Waals surface area (Å²) in [6.45, 7) is 2.16. The maximum Gasteiger partial charge on any atom is 0.247 e. The Morgan fingerprint density at radius 3 is 2.34 bits per heavy atom. The van der Waals surface area contributed by atoms with E-state index in [9.17, 15) is 19.2 Å². The van der Waals surface area contributed by atoms with Crippen LogP contribution in [0.2, 0.25) is 0 Å². The lowest BCUT2D eigenvalue weighted by Gasteiger charge is -2.45. The van der Waals surface area contributed by atoms with Gasteiger partial charge < -0.3 is 30.1 Å². The number of piperazine rings is 1. The maximum absolute atomic E-state index is 14.5. The van der Waals surface area contributed by atoms with Gasteiger partial charge in [-0.3, -0.25) is 19.2 Å². The van der Waals surface area contributed by atoms with Gasteiger partial charge in [0, 0.05) is 13.0 Å². The smallest absolute Gasteiger partial charge is 0.247 e. The van der Waals surface area contributed by atoms with Gasteiger partial charge in [0.2, 0.25) is 23.6 Å². The SMILES string of the molecule is CN[C@@H](C)C(=O)N[C@H](C(=O)N1CC(=O)N2[C@@H]1CN(Cc1ccc(OC)cc1)C(=O)[C@@H]2Cc1ccc2ccccc2c1)C1CCCCC1. The van der Waals surface area contributed by atoms with Crippen molar-refractivity contribution in [3.05, 3.63) is 77.9 Å². The molecule has 2 heterocycles. The van der Waals surface area contributed by atoms with E-state index in [2.05, 4.69) is 16.7 Å². The number of rotatable bonds is 10. The van der Waals surface area contributed by atoms with Crippen LogP contribution in [0.15, 0.2) is 66.7 Å². The zero-order chi connectivity index (χ0) is 33.1. The molecule has 4 amide bonds. The molecule has 1 aliphatic carbocycles. The number of hydrogen-bond donors (Lipinski definition) is 2. The summed E-state index contributed by atoms with van der Waals surface area (Å²) in [7, 11) is 3.32. The second-order valence-corrected chi connectivity index (χ2v) is 13.1. The predicted octanol–water partition coefficient (Wildman–Crippen LogP) is 3.47. The Balaban J connectivity index is 1.32. The van der Waals surface area contributed by atoms with E-state index < -0.39 is 24.3 Å². The minimum Gasteiger partial charge on any atom is -0.497 e. The third-order valence-corrected chi connectivity index (χ3v) is 10.2. The fourth-order valence-corrected chi connectivity index (χ4v) is 7.36. The first kappa shape index (κ1) is 32.5. The van der Waals surface area contributed by atoms with E-state index in [1.807, 2.05) is 60.7 Å². The van der Waals surface area contributed by atoms with Crippen LogP contribution in [0.5, 0.6) is 5.75 Å². The molecule has 10 heteroatoms. The van der Waals surface area contributed by atoms with E-state index in [1.54, 1.807) is 35.8 Å². The molecule has 0 bridgehead atoms. The van der Waals surface area contributed by atoms with Gasteiger partial charge in [0.25, 0.3) is 0 Å². The van der Waals surface area contributed by atoms with Crippen molar-refractivity contribution in [2.45, 2.75) is 76.3 Å². The quantitative estimate of drug-likeness (QED) is 0.352. The molecule has 47 heavy (non-hydrogen) atoms. The first-order valence-electron chi connectivity index (χ1n) is 16.8. The highest BCUT2D eigenvalue weighted by Gasteiger charge is 2.52. The molecule has 2 saturated heterocycles. The average Bonchev–Trinajstić information content (AvgIpc) is 3.44. The lowest BCUT2D eigenvalue weighted by Crippen LogP contribution is -2.65. The number of nitrogens with one attached hydrogen (secondary N) is 2. The lowest BCUT2D eigenvalue weighted by atomic mass is 9.83. The first-order valence-corrected chi connectivity index (χ1v) is 16.8. The standard InChI is InChI=1S/C37H45N5O5/c1-24(38-2)35(44)39-34(28-10-5-4-6-11-28)37(46)41-23-33(43)42-31(20-26-13-16-27-9-7-8-12-29(27)19-26)36(45)40(22-32(41)42)21-25-14-17-30(47-3)18-15-25/h7-9,12-19,24,28,31-32,34,38H,4-6,10-11,20-23H2,1-3H3,(H,39,44)/t24-,31-,32+,34-/m0/s1. The molecule has 0 unspecified atom stereocenters. The highest BCUT2D eigenvalue weighted by atomic mass is 16.5. The molecule has 3 fully saturated rings. The fourth-order valence-electron chi connectivity index (χ4n) is 7.36. The topological polar surface area (TPSA) is 111 Å². The number of fused-ring (bicyclic) bond motifs is 2. The van der Waals surface area contributed by atoms with Gasteiger partial charge in [-0.15, -0.1) is 0 Å². The molecule has 3 aromatic carbocycles. The van der Waals surface area contributed by atoms with Crippen LogP contribution in [0.4, 0.5) is 0 Å². The van der Waals surface area contributed by atoms with Crippen molar-refractivity contribution >= 4 is 34.4 Å². The summed E-state index contributed by atoms with van der Waals surface area (Å²) in [5, 5.41) is 8.17. The number of ether oxygens (including phenoxy) is 1. The monoisotopic (exact) mass is 639 g/mol. The van der Waals surface area contributed by atoms with E-state index in [0.29, 0.717) is 13.0 Å². The van der Waals surface area contributed by atoms with Gasteiger partial charge in [-0.2, -0.15) is 0 Å². The second kappa shape index (κ2) is 14.1. The van der Waals surface area contributed by atoms with E-state index in [0.717, 1.165) is 59.8 Å². The Hall–Kier alpha value is -4.44. The van der Waals surface area contributed by atoms with E-state index in [4.69, 9.17) is 4.74 Å². The Labute approximate surface area is 276 Å². The molecule has 248 valence electrons. The van der Waals surface area contributed by atoms with Gasteiger partial charge in [-0.1, -0.05) is 73.9 Å². The van der Waals surface area contributed by atoms with E-state index in [1.165, 1.54) is 0 Å². The molecular formula is C37H45N5O5. The van der Waals surface area contributed by atoms with Crippen LogP contribution in [0.25, 0.3) is 10.8 Å². The van der Waals surface area contributed by atoms with Crippen molar-refractivity contribution in [1.29, 1.82) is 0 Å². The van der Waals surface area contributed by atoms with Crippen molar-refractivity contribution in [3.63, 3.8) is 0 Å². The summed E-state index contributed by atoms with van der Waals surface area (Å²) >= 11 is 0. The molecule has 0 spiro atoms. The summed E-state index contributed by atoms with van der Waals surface area (Å²) in [6.07, 6.45) is 4.48. The lowest BCUT2D eigenvalue weighted by molar-refractivity contribution is -0.157. The molecule has 3 aromatic rings. The number of hydrogen-bond acceptors (Lipinski definition) is 6. The number of nitrogens with zero attached hydrogens (tertiary/aromatic N) is 3. The Kier molecular flexibility index (Phi) is 9.77. The van der Waals surface area contributed by atoms with Gasteiger partial charge >= 0.3 is 0 Å². The number of amides is 4. The fraction of sp³-hybridized carbons (Fsp3) is 0.459. The molecule has 10 nitrogen and oxygen atoms in total. The first-order chi connectivity index (χ1) is 22.8. The molecular weight excluding hydrogens is 594 g/mol. The Morgan fingerprint density at radius 2 is 1.64 bits per heavy atom. The van der Waals surface area contributed by atoms with Crippen LogP contribution in [-0.4, -0.2) is 89.9 Å². The van der Waals surface area contributed by atoms with Crippen molar-refractivity contribution in [3.8, 4) is 5.75 Å². The average molecular weight is 640 g/mol. The minimum absolute atomic E-state index is 0.0116. The zero-order valence-corrected chi connectivity index (χ0v) is 27.5. The van der Waals surface area contributed by atoms with Crippen LogP contribution in [0.1, 0.15) is 50.2 Å². The highest BCUT2D eigenvalue weighted by molar-refractivity contribution is 5.97. The Morgan fingerprint density at radius 1 is 0.936 bits per heavy atom. The van der Waals surface area contributed by atoms with Crippen LogP contribution in [0, 0.1) is 5.92 Å². The molecule has 2 N–H and O–H groups in total.